The summed E-state index contributed by atoms with van der Waals surface area (Å²) in [5, 5.41) is 10.3. The number of amides is 1. The van der Waals surface area contributed by atoms with Crippen molar-refractivity contribution in [1.29, 1.82) is 5.41 Å². The smallest absolute Gasteiger partial charge is 0.339 e. The summed E-state index contributed by atoms with van der Waals surface area (Å²) in [4.78, 5) is 24.5. The van der Waals surface area contributed by atoms with Crippen molar-refractivity contribution < 1.29 is 14.3 Å². The van der Waals surface area contributed by atoms with Gasteiger partial charge in [0.2, 0.25) is 0 Å². The maximum atomic E-state index is 12.3. The summed E-state index contributed by atoms with van der Waals surface area (Å²) >= 11 is 0. The number of hydrogen-bond donors (Lipinski definition) is 3. The molecule has 2 aromatic rings. The first-order valence-corrected chi connectivity index (χ1v) is 9.56. The second-order valence-electron chi connectivity index (χ2n) is 6.94. The summed E-state index contributed by atoms with van der Waals surface area (Å²) in [6, 6.07) is 13.6. The molecule has 0 radical (unpaired) electrons. The van der Waals surface area contributed by atoms with E-state index in [4.69, 9.17) is 15.9 Å². The van der Waals surface area contributed by atoms with Gasteiger partial charge in [-0.3, -0.25) is 10.2 Å². The molecule has 0 aliphatic carbocycles. The van der Waals surface area contributed by atoms with Gasteiger partial charge in [0.1, 0.15) is 11.6 Å². The lowest BCUT2D eigenvalue weighted by molar-refractivity contribution is -0.130. The van der Waals surface area contributed by atoms with Crippen LogP contribution in [0.1, 0.15) is 55.1 Å². The Bertz CT molecular complexity index is 900. The van der Waals surface area contributed by atoms with Crippen LogP contribution in [0.2, 0.25) is 0 Å². The third kappa shape index (κ3) is 6.60. The van der Waals surface area contributed by atoms with Crippen molar-refractivity contribution in [1.82, 2.24) is 5.32 Å². The Balaban J connectivity index is 2.00. The highest BCUT2D eigenvalue weighted by atomic mass is 16.5. The Kier molecular flexibility index (Phi) is 7.71. The van der Waals surface area contributed by atoms with Gasteiger partial charge in [-0.1, -0.05) is 25.5 Å². The number of nitrogens with two attached hydrogens (primary N) is 1. The molecule has 0 saturated heterocycles. The molecule has 0 heterocycles. The largest absolute Gasteiger partial charge is 0.423 e. The number of carbonyl (C=O) groups excluding carboxylic acids is 2. The fourth-order valence-electron chi connectivity index (χ4n) is 2.74. The number of nitrogen functional groups attached to an aromatic ring is 1. The zero-order chi connectivity index (χ0) is 21.4. The molecular formula is C23H27N3O3. The number of benzene rings is 2. The zero-order valence-corrected chi connectivity index (χ0v) is 17.0. The van der Waals surface area contributed by atoms with E-state index in [1.54, 1.807) is 61.5 Å². The van der Waals surface area contributed by atoms with Crippen LogP contribution in [-0.2, 0) is 4.79 Å². The lowest BCUT2D eigenvalue weighted by atomic mass is 10.1. The fraction of sp³-hybridized carbons (Fsp3) is 0.261. The lowest BCUT2D eigenvalue weighted by Crippen LogP contribution is -2.32. The molecule has 0 aliphatic heterocycles. The van der Waals surface area contributed by atoms with E-state index in [1.165, 1.54) is 0 Å². The van der Waals surface area contributed by atoms with E-state index in [0.717, 1.165) is 18.4 Å². The van der Waals surface area contributed by atoms with Crippen LogP contribution in [0, 0.1) is 5.41 Å². The molecule has 0 aromatic heterocycles. The molecule has 0 aliphatic rings. The van der Waals surface area contributed by atoms with Crippen molar-refractivity contribution in [3.8, 4) is 5.75 Å². The van der Waals surface area contributed by atoms with E-state index in [9.17, 15) is 9.59 Å². The average molecular weight is 393 g/mol. The van der Waals surface area contributed by atoms with Gasteiger partial charge in [-0.05, 0) is 68.3 Å². The van der Waals surface area contributed by atoms with Gasteiger partial charge < -0.3 is 15.8 Å². The van der Waals surface area contributed by atoms with Gasteiger partial charge in [0, 0.05) is 22.7 Å². The fourth-order valence-corrected chi connectivity index (χ4v) is 2.74. The highest BCUT2D eigenvalue weighted by Gasteiger charge is 2.10. The molecule has 0 spiro atoms. The Labute approximate surface area is 171 Å². The molecular weight excluding hydrogens is 366 g/mol. The summed E-state index contributed by atoms with van der Waals surface area (Å²) < 4.78 is 5.33. The average Bonchev–Trinajstić information content (AvgIpc) is 2.69. The van der Waals surface area contributed by atoms with Crippen molar-refractivity contribution in [3.63, 3.8) is 0 Å². The molecule has 2 aromatic carbocycles. The SMILES string of the molecule is CCC[C@@H](C)NC(=O)c1ccc(/C=C(\C)C(=O)Oc2ccc(C(=N)N)cc2)cc1. The molecule has 0 bridgehead atoms. The van der Waals surface area contributed by atoms with Gasteiger partial charge in [0.05, 0.1) is 0 Å². The van der Waals surface area contributed by atoms with E-state index in [0.29, 0.717) is 22.4 Å². The second-order valence-corrected chi connectivity index (χ2v) is 6.94. The van der Waals surface area contributed by atoms with E-state index in [1.807, 2.05) is 6.92 Å². The first-order chi connectivity index (χ1) is 13.8. The van der Waals surface area contributed by atoms with E-state index in [2.05, 4.69) is 12.2 Å². The molecule has 4 N–H and O–H groups in total. The summed E-state index contributed by atoms with van der Waals surface area (Å²) in [5.74, 6) is -0.251. The zero-order valence-electron chi connectivity index (χ0n) is 17.0. The number of amidine groups is 1. The highest BCUT2D eigenvalue weighted by Crippen LogP contribution is 2.15. The van der Waals surface area contributed by atoms with Gasteiger partial charge in [0.15, 0.2) is 0 Å². The summed E-state index contributed by atoms with van der Waals surface area (Å²) in [6.07, 6.45) is 3.65. The molecule has 6 nitrogen and oxygen atoms in total. The molecule has 29 heavy (non-hydrogen) atoms. The molecule has 0 unspecified atom stereocenters. The Morgan fingerprint density at radius 2 is 1.69 bits per heavy atom. The lowest BCUT2D eigenvalue weighted by Gasteiger charge is -2.12. The van der Waals surface area contributed by atoms with E-state index in [-0.39, 0.29) is 17.8 Å². The minimum absolute atomic E-state index is 0.0455. The molecule has 6 heteroatoms. The molecule has 1 amide bonds. The van der Waals surface area contributed by atoms with Crippen molar-refractivity contribution in [2.24, 2.45) is 5.73 Å². The first kappa shape index (κ1) is 21.9. The Morgan fingerprint density at radius 3 is 2.24 bits per heavy atom. The normalized spacial score (nSPS) is 12.2. The van der Waals surface area contributed by atoms with Gasteiger partial charge in [0.25, 0.3) is 5.91 Å². The molecule has 0 fully saturated rings. The molecule has 1 atom stereocenters. The van der Waals surface area contributed by atoms with Crippen molar-refractivity contribution in [2.75, 3.05) is 0 Å². The number of hydrogen-bond acceptors (Lipinski definition) is 4. The van der Waals surface area contributed by atoms with E-state index < -0.39 is 5.97 Å². The maximum absolute atomic E-state index is 12.3. The van der Waals surface area contributed by atoms with Gasteiger partial charge in [-0.15, -0.1) is 0 Å². The first-order valence-electron chi connectivity index (χ1n) is 9.56. The molecule has 152 valence electrons. The monoisotopic (exact) mass is 393 g/mol. The van der Waals surface area contributed by atoms with Crippen LogP contribution in [0.3, 0.4) is 0 Å². The van der Waals surface area contributed by atoms with Crippen molar-refractivity contribution >= 4 is 23.8 Å². The van der Waals surface area contributed by atoms with Crippen LogP contribution in [-0.4, -0.2) is 23.8 Å². The summed E-state index contributed by atoms with van der Waals surface area (Å²) in [6.45, 7) is 5.73. The number of nitrogens with one attached hydrogen (secondary N) is 2. The van der Waals surface area contributed by atoms with Gasteiger partial charge in [-0.2, -0.15) is 0 Å². The Hall–Kier alpha value is -3.41. The van der Waals surface area contributed by atoms with Gasteiger partial charge in [-0.25, -0.2) is 4.79 Å². The van der Waals surface area contributed by atoms with Crippen LogP contribution < -0.4 is 15.8 Å². The summed E-state index contributed by atoms with van der Waals surface area (Å²) in [5.41, 5.74) is 7.77. The predicted molar refractivity (Wildman–Crippen MR) is 115 cm³/mol. The second kappa shape index (κ2) is 10.2. The molecule has 0 saturated carbocycles. The molecule has 2 rings (SSSR count). The van der Waals surface area contributed by atoms with Crippen LogP contribution in [0.15, 0.2) is 54.1 Å². The van der Waals surface area contributed by atoms with Crippen LogP contribution in [0.4, 0.5) is 0 Å². The highest BCUT2D eigenvalue weighted by molar-refractivity contribution is 5.97. The maximum Gasteiger partial charge on any atom is 0.339 e. The van der Waals surface area contributed by atoms with Gasteiger partial charge >= 0.3 is 5.97 Å². The standard InChI is InChI=1S/C23H27N3O3/c1-4-5-16(3)26-22(27)19-8-6-17(7-9-19)14-15(2)23(28)29-20-12-10-18(11-13-20)21(24)25/h6-14,16H,4-5H2,1-3H3,(H3,24,25)(H,26,27)/b15-14+/t16-/m1/s1. The van der Waals surface area contributed by atoms with Crippen molar-refractivity contribution in [3.05, 3.63) is 70.8 Å². The van der Waals surface area contributed by atoms with Crippen LogP contribution in [0.5, 0.6) is 5.75 Å². The summed E-state index contributed by atoms with van der Waals surface area (Å²) in [7, 11) is 0. The quantitative estimate of drug-likeness (QED) is 0.208. The predicted octanol–water partition coefficient (Wildman–Crippen LogP) is 3.90. The minimum atomic E-state index is -0.476. The number of esters is 1. The third-order valence-electron chi connectivity index (χ3n) is 4.35. The third-order valence-corrected chi connectivity index (χ3v) is 4.35. The van der Waals surface area contributed by atoms with Crippen LogP contribution in [0.25, 0.3) is 6.08 Å². The number of ether oxygens (including phenoxy) is 1. The van der Waals surface area contributed by atoms with E-state index >= 15 is 0 Å². The number of rotatable bonds is 8. The van der Waals surface area contributed by atoms with Crippen molar-refractivity contribution in [2.45, 2.75) is 39.7 Å². The number of carbonyl (C=O) groups is 2. The minimum Gasteiger partial charge on any atom is -0.423 e. The van der Waals surface area contributed by atoms with Crippen LogP contribution >= 0.6 is 0 Å². The topological polar surface area (TPSA) is 105 Å². The Morgan fingerprint density at radius 1 is 1.10 bits per heavy atom.